The van der Waals surface area contributed by atoms with Gasteiger partial charge in [-0.2, -0.15) is 5.10 Å². The lowest BCUT2D eigenvalue weighted by Crippen LogP contribution is -2.20. The summed E-state index contributed by atoms with van der Waals surface area (Å²) in [6, 6.07) is 4.11. The first-order valence-electron chi connectivity index (χ1n) is 7.03. The summed E-state index contributed by atoms with van der Waals surface area (Å²) >= 11 is 0. The van der Waals surface area contributed by atoms with E-state index in [9.17, 15) is 4.79 Å². The van der Waals surface area contributed by atoms with Crippen molar-refractivity contribution in [2.45, 2.75) is 32.6 Å². The number of anilines is 1. The minimum atomic E-state index is 0.0171. The second-order valence-electron chi connectivity index (χ2n) is 5.34. The van der Waals surface area contributed by atoms with Crippen molar-refractivity contribution in [2.75, 3.05) is 5.32 Å². The van der Waals surface area contributed by atoms with Crippen molar-refractivity contribution in [1.29, 1.82) is 0 Å². The maximum atomic E-state index is 12.1. The molecule has 0 aliphatic carbocycles. The van der Waals surface area contributed by atoms with Crippen LogP contribution >= 0.6 is 0 Å². The number of nitrogens with one attached hydrogen (secondary N) is 2. The molecule has 1 amide bonds. The van der Waals surface area contributed by atoms with Gasteiger partial charge >= 0.3 is 0 Å². The monoisotopic (exact) mass is 270 g/mol. The van der Waals surface area contributed by atoms with Crippen LogP contribution in [0.15, 0.2) is 24.5 Å². The standard InChI is InChI=1S/C15H18N4O/c1-10-4-2-3-5-11-6-7-16-12(8-11)14-13(9-17-19-14)18-15(10)20/h6-10H,2-5H2,1H3,(H,17,19)(H,18,20). The molecule has 104 valence electrons. The molecule has 20 heavy (non-hydrogen) atoms. The molecule has 2 aromatic rings. The Bertz CT molecular complexity index is 620. The maximum Gasteiger partial charge on any atom is 0.227 e. The van der Waals surface area contributed by atoms with Crippen LogP contribution in [0.1, 0.15) is 31.7 Å². The van der Waals surface area contributed by atoms with E-state index in [-0.39, 0.29) is 11.8 Å². The van der Waals surface area contributed by atoms with Crippen LogP contribution < -0.4 is 5.32 Å². The summed E-state index contributed by atoms with van der Waals surface area (Å²) in [4.78, 5) is 16.5. The SMILES string of the molecule is CC1CCCCc2ccnc(c2)-c2[nH]ncc2NC1=O. The Morgan fingerprint density at radius 3 is 3.15 bits per heavy atom. The van der Waals surface area contributed by atoms with E-state index in [1.165, 1.54) is 5.56 Å². The van der Waals surface area contributed by atoms with Crippen molar-refractivity contribution < 1.29 is 4.79 Å². The van der Waals surface area contributed by atoms with Crippen LogP contribution in [-0.4, -0.2) is 21.1 Å². The zero-order valence-electron chi connectivity index (χ0n) is 11.5. The number of H-pyrrole nitrogens is 1. The fourth-order valence-corrected chi connectivity index (χ4v) is 2.51. The number of carbonyl (C=O) groups excluding carboxylic acids is 1. The van der Waals surface area contributed by atoms with Crippen molar-refractivity contribution in [2.24, 2.45) is 5.92 Å². The molecule has 2 bridgehead atoms. The predicted octanol–water partition coefficient (Wildman–Crippen LogP) is 2.77. The first-order chi connectivity index (χ1) is 9.74. The number of carbonyl (C=O) groups is 1. The lowest BCUT2D eigenvalue weighted by atomic mass is 9.99. The molecule has 1 atom stereocenters. The third-order valence-electron chi connectivity index (χ3n) is 3.78. The van der Waals surface area contributed by atoms with Gasteiger partial charge in [-0.15, -0.1) is 0 Å². The minimum absolute atomic E-state index is 0.0171. The first-order valence-corrected chi connectivity index (χ1v) is 7.03. The van der Waals surface area contributed by atoms with Crippen molar-refractivity contribution in [3.63, 3.8) is 0 Å². The molecule has 0 fully saturated rings. The zero-order chi connectivity index (χ0) is 13.9. The largest absolute Gasteiger partial charge is 0.323 e. The third-order valence-corrected chi connectivity index (χ3v) is 3.78. The van der Waals surface area contributed by atoms with Crippen molar-refractivity contribution >= 4 is 11.6 Å². The topological polar surface area (TPSA) is 70.7 Å². The highest BCUT2D eigenvalue weighted by atomic mass is 16.1. The molecule has 3 heterocycles. The van der Waals surface area contributed by atoms with E-state index in [0.29, 0.717) is 5.69 Å². The number of aryl methyl sites for hydroxylation is 1. The van der Waals surface area contributed by atoms with Gasteiger partial charge in [0.05, 0.1) is 17.6 Å². The van der Waals surface area contributed by atoms with Gasteiger partial charge in [-0.25, -0.2) is 0 Å². The highest BCUT2D eigenvalue weighted by molar-refractivity contribution is 5.95. The zero-order valence-corrected chi connectivity index (χ0v) is 11.5. The van der Waals surface area contributed by atoms with E-state index in [1.807, 2.05) is 19.2 Å². The molecule has 1 aliphatic rings. The highest BCUT2D eigenvalue weighted by Crippen LogP contribution is 2.26. The van der Waals surface area contributed by atoms with E-state index in [4.69, 9.17) is 0 Å². The molecule has 5 nitrogen and oxygen atoms in total. The molecule has 0 saturated heterocycles. The van der Waals surface area contributed by atoms with Gasteiger partial charge in [-0.3, -0.25) is 14.9 Å². The normalized spacial score (nSPS) is 19.4. The number of amides is 1. The molecule has 0 radical (unpaired) electrons. The number of pyridine rings is 1. The fourth-order valence-electron chi connectivity index (χ4n) is 2.51. The summed E-state index contributed by atoms with van der Waals surface area (Å²) in [5, 5.41) is 9.90. The van der Waals surface area contributed by atoms with Crippen LogP contribution in [-0.2, 0) is 11.2 Å². The van der Waals surface area contributed by atoms with Crippen LogP contribution in [0, 0.1) is 5.92 Å². The molecule has 0 spiro atoms. The Morgan fingerprint density at radius 1 is 1.35 bits per heavy atom. The number of aromatic nitrogens is 3. The Morgan fingerprint density at radius 2 is 2.25 bits per heavy atom. The summed E-state index contributed by atoms with van der Waals surface area (Å²) in [5.74, 6) is 0.0628. The van der Waals surface area contributed by atoms with Crippen LogP contribution in [0.5, 0.6) is 0 Å². The molecule has 3 rings (SSSR count). The number of rotatable bonds is 0. The van der Waals surface area contributed by atoms with Crippen molar-refractivity contribution in [3.8, 4) is 11.4 Å². The van der Waals surface area contributed by atoms with E-state index in [0.717, 1.165) is 37.1 Å². The second kappa shape index (κ2) is 5.45. The molecular formula is C15H18N4O. The molecule has 2 N–H and O–H groups in total. The van der Waals surface area contributed by atoms with Gasteiger partial charge in [0, 0.05) is 12.1 Å². The first kappa shape index (κ1) is 12.8. The summed E-state index contributed by atoms with van der Waals surface area (Å²) < 4.78 is 0. The van der Waals surface area contributed by atoms with Gasteiger partial charge < -0.3 is 5.32 Å². The molecule has 1 unspecified atom stereocenters. The lowest BCUT2D eigenvalue weighted by molar-refractivity contribution is -0.119. The minimum Gasteiger partial charge on any atom is -0.323 e. The predicted molar refractivity (Wildman–Crippen MR) is 77.2 cm³/mol. The van der Waals surface area contributed by atoms with Gasteiger partial charge in [-0.1, -0.05) is 13.3 Å². The van der Waals surface area contributed by atoms with E-state index in [1.54, 1.807) is 6.20 Å². The number of fused-ring (bicyclic) bond motifs is 4. The van der Waals surface area contributed by atoms with Gasteiger partial charge in [-0.05, 0) is 37.0 Å². The number of hydrogen-bond donors (Lipinski definition) is 2. The van der Waals surface area contributed by atoms with E-state index < -0.39 is 0 Å². The second-order valence-corrected chi connectivity index (χ2v) is 5.34. The number of hydrogen-bond acceptors (Lipinski definition) is 3. The molecule has 0 saturated carbocycles. The van der Waals surface area contributed by atoms with Crippen LogP contribution in [0.3, 0.4) is 0 Å². The molecule has 5 heteroatoms. The number of aromatic amines is 1. The molecule has 0 aromatic carbocycles. The Labute approximate surface area is 117 Å². The molecule has 1 aliphatic heterocycles. The van der Waals surface area contributed by atoms with Gasteiger partial charge in [0.15, 0.2) is 0 Å². The third kappa shape index (κ3) is 2.57. The highest BCUT2D eigenvalue weighted by Gasteiger charge is 2.17. The van der Waals surface area contributed by atoms with Gasteiger partial charge in [0.25, 0.3) is 0 Å². The van der Waals surface area contributed by atoms with Gasteiger partial charge in [0.2, 0.25) is 5.91 Å². The quantitative estimate of drug-likeness (QED) is 0.773. The molecule has 2 aromatic heterocycles. The van der Waals surface area contributed by atoms with E-state index >= 15 is 0 Å². The summed E-state index contributed by atoms with van der Waals surface area (Å²) in [7, 11) is 0. The molecular weight excluding hydrogens is 252 g/mol. The van der Waals surface area contributed by atoms with Crippen LogP contribution in [0.2, 0.25) is 0 Å². The van der Waals surface area contributed by atoms with Crippen LogP contribution in [0.25, 0.3) is 11.4 Å². The summed E-state index contributed by atoms with van der Waals surface area (Å²) in [6.07, 6.45) is 7.54. The Balaban J connectivity index is 2.01. The number of nitrogens with zero attached hydrogens (tertiary/aromatic N) is 2. The average molecular weight is 270 g/mol. The van der Waals surface area contributed by atoms with Crippen molar-refractivity contribution in [1.82, 2.24) is 15.2 Å². The van der Waals surface area contributed by atoms with Crippen molar-refractivity contribution in [3.05, 3.63) is 30.1 Å². The smallest absolute Gasteiger partial charge is 0.227 e. The fraction of sp³-hybridized carbons (Fsp3) is 0.400. The van der Waals surface area contributed by atoms with E-state index in [2.05, 4.69) is 26.6 Å². The van der Waals surface area contributed by atoms with Gasteiger partial charge in [0.1, 0.15) is 5.69 Å². The Hall–Kier alpha value is -2.17. The van der Waals surface area contributed by atoms with Crippen LogP contribution in [0.4, 0.5) is 5.69 Å². The lowest BCUT2D eigenvalue weighted by Gasteiger charge is -2.13. The summed E-state index contributed by atoms with van der Waals surface area (Å²) in [6.45, 7) is 1.97. The summed E-state index contributed by atoms with van der Waals surface area (Å²) in [5.41, 5.74) is 3.57. The Kier molecular flexibility index (Phi) is 3.50. The maximum absolute atomic E-state index is 12.1. The average Bonchev–Trinajstić information content (AvgIpc) is 2.91.